The Labute approximate surface area is 110 Å². The molecule has 1 aromatic heterocycles. The third-order valence-corrected chi connectivity index (χ3v) is 3.83. The zero-order chi connectivity index (χ0) is 12.1. The van der Waals surface area contributed by atoms with Crippen LogP contribution < -0.4 is 5.32 Å². The lowest BCUT2D eigenvalue weighted by Crippen LogP contribution is -2.17. The van der Waals surface area contributed by atoms with Crippen molar-refractivity contribution in [2.75, 3.05) is 12.8 Å². The second kappa shape index (κ2) is 6.15. The first-order valence-corrected chi connectivity index (χ1v) is 6.73. The van der Waals surface area contributed by atoms with Crippen LogP contribution in [0.5, 0.6) is 0 Å². The molecule has 0 radical (unpaired) electrons. The Hall–Kier alpha value is -0.900. The van der Waals surface area contributed by atoms with Crippen molar-refractivity contribution in [2.24, 2.45) is 0 Å². The van der Waals surface area contributed by atoms with Crippen molar-refractivity contribution in [3.05, 3.63) is 53.4 Å². The normalized spacial score (nSPS) is 12.6. The summed E-state index contributed by atoms with van der Waals surface area (Å²) in [6.45, 7) is 0. The summed E-state index contributed by atoms with van der Waals surface area (Å²) in [6, 6.07) is 10.2. The third-order valence-electron chi connectivity index (χ3n) is 2.51. The van der Waals surface area contributed by atoms with Gasteiger partial charge in [-0.3, -0.25) is 0 Å². The van der Waals surface area contributed by atoms with Gasteiger partial charge < -0.3 is 9.73 Å². The number of furan rings is 1. The van der Waals surface area contributed by atoms with Crippen LogP contribution in [0.2, 0.25) is 5.02 Å². The molecule has 0 amide bonds. The molecule has 0 aliphatic heterocycles. The summed E-state index contributed by atoms with van der Waals surface area (Å²) in [4.78, 5) is 1.18. The van der Waals surface area contributed by atoms with Crippen molar-refractivity contribution in [3.63, 3.8) is 0 Å². The molecule has 2 aromatic rings. The third kappa shape index (κ3) is 3.53. The van der Waals surface area contributed by atoms with Crippen molar-refractivity contribution >= 4 is 23.4 Å². The predicted octanol–water partition coefficient (Wildman–Crippen LogP) is 3.99. The van der Waals surface area contributed by atoms with Crippen molar-refractivity contribution < 1.29 is 4.42 Å². The number of hydrogen-bond donors (Lipinski definition) is 1. The van der Waals surface area contributed by atoms with Gasteiger partial charge in [0, 0.05) is 27.3 Å². The van der Waals surface area contributed by atoms with E-state index in [9.17, 15) is 0 Å². The molecule has 0 fully saturated rings. The minimum atomic E-state index is 0.290. The summed E-state index contributed by atoms with van der Waals surface area (Å²) in [5.41, 5.74) is 1.17. The van der Waals surface area contributed by atoms with E-state index in [1.165, 1.54) is 10.5 Å². The van der Waals surface area contributed by atoms with Crippen molar-refractivity contribution in [2.45, 2.75) is 10.9 Å². The molecule has 0 aliphatic carbocycles. The second-order valence-electron chi connectivity index (χ2n) is 3.67. The lowest BCUT2D eigenvalue weighted by atomic mass is 10.2. The summed E-state index contributed by atoms with van der Waals surface area (Å²) in [7, 11) is 1.95. The first-order valence-electron chi connectivity index (χ1n) is 5.37. The van der Waals surface area contributed by atoms with Crippen LogP contribution in [0.15, 0.2) is 52.2 Å². The Morgan fingerprint density at radius 1 is 1.41 bits per heavy atom. The fourth-order valence-electron chi connectivity index (χ4n) is 1.56. The molecule has 0 saturated carbocycles. The molecule has 2 nitrogen and oxygen atoms in total. The van der Waals surface area contributed by atoms with Crippen LogP contribution in [0.1, 0.15) is 11.6 Å². The quantitative estimate of drug-likeness (QED) is 0.830. The molecule has 1 heterocycles. The monoisotopic (exact) mass is 267 g/mol. The predicted molar refractivity (Wildman–Crippen MR) is 72.7 cm³/mol. The van der Waals surface area contributed by atoms with Crippen LogP contribution in [0.25, 0.3) is 0 Å². The molecule has 0 aliphatic rings. The first-order chi connectivity index (χ1) is 8.29. The Bertz CT molecular complexity index is 458. The van der Waals surface area contributed by atoms with Gasteiger partial charge in [0.2, 0.25) is 0 Å². The summed E-state index contributed by atoms with van der Waals surface area (Å²) in [5.74, 6) is 0.941. The number of benzene rings is 1. The van der Waals surface area contributed by atoms with Crippen molar-refractivity contribution in [1.82, 2.24) is 5.32 Å². The number of hydrogen-bond acceptors (Lipinski definition) is 3. The van der Waals surface area contributed by atoms with Gasteiger partial charge in [0.1, 0.15) is 0 Å². The van der Waals surface area contributed by atoms with Gasteiger partial charge in [0.25, 0.3) is 0 Å². The van der Waals surface area contributed by atoms with Gasteiger partial charge in [0.05, 0.1) is 12.5 Å². The minimum Gasteiger partial charge on any atom is -0.472 e. The first kappa shape index (κ1) is 12.6. The summed E-state index contributed by atoms with van der Waals surface area (Å²) in [6.07, 6.45) is 3.48. The van der Waals surface area contributed by atoms with E-state index < -0.39 is 0 Å². The molecule has 4 heteroatoms. The van der Waals surface area contributed by atoms with Gasteiger partial charge in [-0.05, 0) is 31.3 Å². The maximum absolute atomic E-state index is 5.95. The largest absolute Gasteiger partial charge is 0.472 e. The minimum absolute atomic E-state index is 0.290. The maximum Gasteiger partial charge on any atom is 0.0950 e. The highest BCUT2D eigenvalue weighted by Crippen LogP contribution is 2.26. The number of nitrogens with one attached hydrogen (secondary N) is 1. The summed E-state index contributed by atoms with van der Waals surface area (Å²) >= 11 is 7.73. The molecule has 0 spiro atoms. The van der Waals surface area contributed by atoms with E-state index in [0.29, 0.717) is 0 Å². The SMILES string of the molecule is CNC(CSc1cccc(Cl)c1)c1ccoc1. The molecule has 1 unspecified atom stereocenters. The van der Waals surface area contributed by atoms with E-state index in [-0.39, 0.29) is 6.04 Å². The van der Waals surface area contributed by atoms with Crippen molar-refractivity contribution in [1.29, 1.82) is 0 Å². The molecule has 1 aromatic carbocycles. The fourth-order valence-corrected chi connectivity index (χ4v) is 2.91. The van der Waals surface area contributed by atoms with Gasteiger partial charge >= 0.3 is 0 Å². The zero-order valence-electron chi connectivity index (χ0n) is 9.52. The van der Waals surface area contributed by atoms with Crippen LogP contribution in [-0.2, 0) is 0 Å². The molecular weight excluding hydrogens is 254 g/mol. The average molecular weight is 268 g/mol. The van der Waals surface area contributed by atoms with Gasteiger partial charge in [-0.15, -0.1) is 11.8 Å². The van der Waals surface area contributed by atoms with E-state index in [2.05, 4.69) is 11.4 Å². The molecule has 1 atom stereocenters. The molecular formula is C13H14ClNOS. The highest BCUT2D eigenvalue weighted by atomic mass is 35.5. The number of rotatable bonds is 5. The van der Waals surface area contributed by atoms with Crippen LogP contribution in [0.4, 0.5) is 0 Å². The van der Waals surface area contributed by atoms with E-state index in [1.54, 1.807) is 24.3 Å². The molecule has 0 bridgehead atoms. The van der Waals surface area contributed by atoms with Gasteiger partial charge in [-0.25, -0.2) is 0 Å². The van der Waals surface area contributed by atoms with Crippen molar-refractivity contribution in [3.8, 4) is 0 Å². The molecule has 1 N–H and O–H groups in total. The second-order valence-corrected chi connectivity index (χ2v) is 5.20. The fraction of sp³-hybridized carbons (Fsp3) is 0.231. The number of halogens is 1. The van der Waals surface area contributed by atoms with Gasteiger partial charge in [-0.1, -0.05) is 17.7 Å². The average Bonchev–Trinajstić information content (AvgIpc) is 2.84. The zero-order valence-corrected chi connectivity index (χ0v) is 11.1. The highest BCUT2D eigenvalue weighted by molar-refractivity contribution is 7.99. The van der Waals surface area contributed by atoms with E-state index in [0.717, 1.165) is 10.8 Å². The molecule has 2 rings (SSSR count). The van der Waals surface area contributed by atoms with Gasteiger partial charge in [0.15, 0.2) is 0 Å². The Morgan fingerprint density at radius 3 is 2.94 bits per heavy atom. The lowest BCUT2D eigenvalue weighted by molar-refractivity contribution is 0.555. The number of thioether (sulfide) groups is 1. The highest BCUT2D eigenvalue weighted by Gasteiger charge is 2.10. The van der Waals surface area contributed by atoms with Crippen LogP contribution >= 0.6 is 23.4 Å². The van der Waals surface area contributed by atoms with Crippen LogP contribution in [0.3, 0.4) is 0 Å². The topological polar surface area (TPSA) is 25.2 Å². The Kier molecular flexibility index (Phi) is 4.54. The molecule has 17 heavy (non-hydrogen) atoms. The Morgan fingerprint density at radius 2 is 2.29 bits per heavy atom. The van der Waals surface area contributed by atoms with Crippen LogP contribution in [-0.4, -0.2) is 12.8 Å². The summed E-state index contributed by atoms with van der Waals surface area (Å²) < 4.78 is 5.10. The standard InChI is InChI=1S/C13H14ClNOS/c1-15-13(10-5-6-16-8-10)9-17-12-4-2-3-11(14)7-12/h2-8,13,15H,9H2,1H3. The van der Waals surface area contributed by atoms with Crippen LogP contribution in [0, 0.1) is 0 Å². The summed E-state index contributed by atoms with van der Waals surface area (Å²) in [5, 5.41) is 4.05. The van der Waals surface area contributed by atoms with E-state index in [4.69, 9.17) is 16.0 Å². The smallest absolute Gasteiger partial charge is 0.0950 e. The maximum atomic E-state index is 5.95. The molecule has 90 valence electrons. The Balaban J connectivity index is 1.97. The van der Waals surface area contributed by atoms with E-state index in [1.807, 2.05) is 31.3 Å². The van der Waals surface area contributed by atoms with Gasteiger partial charge in [-0.2, -0.15) is 0 Å². The molecule has 0 saturated heterocycles. The lowest BCUT2D eigenvalue weighted by Gasteiger charge is -2.13. The van der Waals surface area contributed by atoms with E-state index >= 15 is 0 Å².